The van der Waals surface area contributed by atoms with E-state index >= 15 is 0 Å². The van der Waals surface area contributed by atoms with Crippen LogP contribution in [-0.4, -0.2) is 65.8 Å². The Kier molecular flexibility index (Phi) is 3.83. The van der Waals surface area contributed by atoms with Crippen molar-refractivity contribution in [3.63, 3.8) is 0 Å². The number of carbonyl (C=O) groups excluding carboxylic acids is 1. The predicted molar refractivity (Wildman–Crippen MR) is 59.8 cm³/mol. The van der Waals surface area contributed by atoms with E-state index in [-0.39, 0.29) is 18.5 Å². The molecule has 6 heteroatoms. The maximum Gasteiger partial charge on any atom is 0.320 e. The molecule has 1 N–H and O–H groups in total. The molecule has 0 bridgehead atoms. The first-order chi connectivity index (χ1) is 8.18. The Bertz CT molecular complexity index is 302. The summed E-state index contributed by atoms with van der Waals surface area (Å²) in [5.74, 6) is -0.889. The minimum absolute atomic E-state index is 0.0305. The molecule has 2 aliphatic heterocycles. The average Bonchev–Trinajstić information content (AvgIpc) is 2.81. The van der Waals surface area contributed by atoms with Crippen molar-refractivity contribution in [1.29, 1.82) is 0 Å². The molecule has 2 aliphatic rings. The maximum absolute atomic E-state index is 12.2. The third-order valence-electron chi connectivity index (χ3n) is 3.26. The Balaban J connectivity index is 1.99. The van der Waals surface area contributed by atoms with Gasteiger partial charge < -0.3 is 19.6 Å². The molecule has 2 rings (SSSR count). The first-order valence-corrected chi connectivity index (χ1v) is 6.03. The first-order valence-electron chi connectivity index (χ1n) is 6.03. The van der Waals surface area contributed by atoms with Crippen molar-refractivity contribution in [1.82, 2.24) is 9.80 Å². The monoisotopic (exact) mass is 242 g/mol. The Hall–Kier alpha value is -1.30. The zero-order valence-corrected chi connectivity index (χ0v) is 9.80. The van der Waals surface area contributed by atoms with Crippen molar-refractivity contribution in [3.05, 3.63) is 0 Å². The fraction of sp³-hybridized carbons (Fsp3) is 0.818. The maximum atomic E-state index is 12.2. The average molecular weight is 242 g/mol. The Morgan fingerprint density at radius 3 is 2.59 bits per heavy atom. The van der Waals surface area contributed by atoms with Crippen LogP contribution in [0.15, 0.2) is 0 Å². The highest BCUT2D eigenvalue weighted by molar-refractivity contribution is 5.76. The van der Waals surface area contributed by atoms with Gasteiger partial charge in [-0.15, -0.1) is 0 Å². The summed E-state index contributed by atoms with van der Waals surface area (Å²) in [5, 5.41) is 8.82. The van der Waals surface area contributed by atoms with Crippen LogP contribution in [0.2, 0.25) is 0 Å². The molecular formula is C11H18N2O4. The molecule has 17 heavy (non-hydrogen) atoms. The number of morpholine rings is 1. The van der Waals surface area contributed by atoms with Crippen LogP contribution in [0.5, 0.6) is 0 Å². The highest BCUT2D eigenvalue weighted by Crippen LogP contribution is 2.16. The summed E-state index contributed by atoms with van der Waals surface area (Å²) >= 11 is 0. The van der Waals surface area contributed by atoms with Gasteiger partial charge >= 0.3 is 12.0 Å². The zero-order chi connectivity index (χ0) is 12.3. The predicted octanol–water partition coefficient (Wildman–Crippen LogP) is 0.378. The second-order valence-electron chi connectivity index (χ2n) is 4.50. The molecule has 0 aliphatic carbocycles. The van der Waals surface area contributed by atoms with Crippen LogP contribution in [0.25, 0.3) is 0 Å². The summed E-state index contributed by atoms with van der Waals surface area (Å²) in [5.41, 5.74) is 0. The molecule has 0 aromatic heterocycles. The van der Waals surface area contributed by atoms with Gasteiger partial charge in [0.25, 0.3) is 0 Å². The minimum atomic E-state index is -0.889. The molecule has 0 aromatic carbocycles. The second-order valence-corrected chi connectivity index (χ2v) is 4.50. The summed E-state index contributed by atoms with van der Waals surface area (Å²) in [6.45, 7) is 2.89. The first kappa shape index (κ1) is 12.2. The fourth-order valence-electron chi connectivity index (χ4n) is 2.37. The number of aliphatic carboxylic acids is 1. The van der Waals surface area contributed by atoms with Crippen LogP contribution in [0, 0.1) is 0 Å². The van der Waals surface area contributed by atoms with E-state index in [0.29, 0.717) is 19.8 Å². The number of hydrogen-bond acceptors (Lipinski definition) is 3. The van der Waals surface area contributed by atoms with E-state index < -0.39 is 5.97 Å². The van der Waals surface area contributed by atoms with Gasteiger partial charge in [0, 0.05) is 19.6 Å². The lowest BCUT2D eigenvalue weighted by molar-refractivity contribution is -0.139. The quantitative estimate of drug-likeness (QED) is 0.760. The van der Waals surface area contributed by atoms with Gasteiger partial charge in [0.15, 0.2) is 0 Å². The molecule has 0 saturated carbocycles. The molecule has 2 saturated heterocycles. The lowest BCUT2D eigenvalue weighted by Gasteiger charge is -2.37. The van der Waals surface area contributed by atoms with Crippen LogP contribution in [-0.2, 0) is 9.53 Å². The number of nitrogens with zero attached hydrogens (tertiary/aromatic N) is 2. The van der Waals surface area contributed by atoms with E-state index in [0.717, 1.165) is 25.9 Å². The standard InChI is InChI=1S/C11H18N2O4/c14-10(15)7-9-8-17-6-5-13(9)11(16)12-3-1-2-4-12/h9H,1-8H2,(H,14,15). The van der Waals surface area contributed by atoms with Gasteiger partial charge in [0.2, 0.25) is 0 Å². The van der Waals surface area contributed by atoms with Crippen molar-refractivity contribution in [2.24, 2.45) is 0 Å². The molecule has 0 spiro atoms. The minimum Gasteiger partial charge on any atom is -0.481 e. The van der Waals surface area contributed by atoms with Gasteiger partial charge in [-0.1, -0.05) is 0 Å². The van der Waals surface area contributed by atoms with Crippen molar-refractivity contribution in [3.8, 4) is 0 Å². The molecule has 2 amide bonds. The zero-order valence-electron chi connectivity index (χ0n) is 9.80. The summed E-state index contributed by atoms with van der Waals surface area (Å²) in [6.07, 6.45) is 2.04. The molecule has 1 unspecified atom stereocenters. The number of hydrogen-bond donors (Lipinski definition) is 1. The van der Waals surface area contributed by atoms with Crippen molar-refractivity contribution in [2.75, 3.05) is 32.8 Å². The number of amides is 2. The number of carboxylic acids is 1. The molecule has 0 aromatic rings. The molecule has 6 nitrogen and oxygen atoms in total. The van der Waals surface area contributed by atoms with Crippen molar-refractivity contribution < 1.29 is 19.4 Å². The smallest absolute Gasteiger partial charge is 0.320 e. The fourth-order valence-corrected chi connectivity index (χ4v) is 2.37. The topological polar surface area (TPSA) is 70.1 Å². The molecule has 1 atom stereocenters. The number of likely N-dealkylation sites (tertiary alicyclic amines) is 1. The number of rotatable bonds is 2. The van der Waals surface area contributed by atoms with Crippen LogP contribution in [0.4, 0.5) is 4.79 Å². The van der Waals surface area contributed by atoms with E-state index in [1.54, 1.807) is 9.80 Å². The van der Waals surface area contributed by atoms with E-state index in [9.17, 15) is 9.59 Å². The van der Waals surface area contributed by atoms with Gasteiger partial charge in [-0.05, 0) is 12.8 Å². The van der Waals surface area contributed by atoms with Gasteiger partial charge in [0.05, 0.1) is 25.7 Å². The molecule has 2 heterocycles. The SMILES string of the molecule is O=C(O)CC1COCCN1C(=O)N1CCCC1. The molecule has 2 fully saturated rings. The molecule has 0 radical (unpaired) electrons. The number of urea groups is 1. The second kappa shape index (κ2) is 5.35. The van der Waals surface area contributed by atoms with E-state index in [1.165, 1.54) is 0 Å². The Labute approximate surface area is 100 Å². The van der Waals surface area contributed by atoms with Crippen LogP contribution < -0.4 is 0 Å². The summed E-state index contributed by atoms with van der Waals surface area (Å²) in [7, 11) is 0. The van der Waals surface area contributed by atoms with Crippen LogP contribution >= 0.6 is 0 Å². The third-order valence-corrected chi connectivity index (χ3v) is 3.26. The van der Waals surface area contributed by atoms with Crippen molar-refractivity contribution in [2.45, 2.75) is 25.3 Å². The van der Waals surface area contributed by atoms with Crippen molar-refractivity contribution >= 4 is 12.0 Å². The van der Waals surface area contributed by atoms with E-state index in [4.69, 9.17) is 9.84 Å². The molecular weight excluding hydrogens is 224 g/mol. The van der Waals surface area contributed by atoms with Gasteiger partial charge in [-0.3, -0.25) is 4.79 Å². The number of ether oxygens (including phenoxy) is 1. The summed E-state index contributed by atoms with van der Waals surface area (Å²) in [6, 6.07) is -0.355. The number of carbonyl (C=O) groups is 2. The van der Waals surface area contributed by atoms with Gasteiger partial charge in [-0.25, -0.2) is 4.79 Å². The van der Waals surface area contributed by atoms with E-state index in [2.05, 4.69) is 0 Å². The highest BCUT2D eigenvalue weighted by atomic mass is 16.5. The lowest BCUT2D eigenvalue weighted by atomic mass is 10.1. The van der Waals surface area contributed by atoms with Gasteiger partial charge in [0.1, 0.15) is 0 Å². The lowest BCUT2D eigenvalue weighted by Crippen LogP contribution is -2.53. The number of carboxylic acid groups (broad SMARTS) is 1. The largest absolute Gasteiger partial charge is 0.481 e. The highest BCUT2D eigenvalue weighted by Gasteiger charge is 2.32. The Morgan fingerprint density at radius 2 is 1.94 bits per heavy atom. The van der Waals surface area contributed by atoms with Crippen LogP contribution in [0.3, 0.4) is 0 Å². The summed E-state index contributed by atoms with van der Waals surface area (Å²) in [4.78, 5) is 26.4. The van der Waals surface area contributed by atoms with Crippen LogP contribution in [0.1, 0.15) is 19.3 Å². The third kappa shape index (κ3) is 2.88. The van der Waals surface area contributed by atoms with E-state index in [1.807, 2.05) is 0 Å². The Morgan fingerprint density at radius 1 is 1.24 bits per heavy atom. The summed E-state index contributed by atoms with van der Waals surface area (Å²) < 4.78 is 5.25. The molecule has 96 valence electrons. The normalized spacial score (nSPS) is 25.1. The van der Waals surface area contributed by atoms with Gasteiger partial charge in [-0.2, -0.15) is 0 Å².